The molecule has 6 heteroatoms. The summed E-state index contributed by atoms with van der Waals surface area (Å²) in [5, 5.41) is 3.78. The third-order valence-corrected chi connectivity index (χ3v) is 6.45. The molecule has 31 heavy (non-hydrogen) atoms. The van der Waals surface area contributed by atoms with E-state index in [-0.39, 0.29) is 18.4 Å². The van der Waals surface area contributed by atoms with Crippen LogP contribution in [0.3, 0.4) is 0 Å². The molecule has 2 aromatic carbocycles. The number of hydrogen-bond donors (Lipinski definition) is 1. The molecular weight excluding hydrogens is 406 g/mol. The molecule has 0 saturated carbocycles. The van der Waals surface area contributed by atoms with Gasteiger partial charge in [-0.3, -0.25) is 9.59 Å². The summed E-state index contributed by atoms with van der Waals surface area (Å²) in [4.78, 5) is 32.3. The summed E-state index contributed by atoms with van der Waals surface area (Å²) in [5.41, 5.74) is 8.02. The molecule has 0 fully saturated rings. The maximum absolute atomic E-state index is 13.0. The largest absolute Gasteiger partial charge is 0.332 e. The van der Waals surface area contributed by atoms with Crippen LogP contribution in [0.25, 0.3) is 10.6 Å². The van der Waals surface area contributed by atoms with Crippen LogP contribution in [-0.4, -0.2) is 35.3 Å². The van der Waals surface area contributed by atoms with E-state index in [0.29, 0.717) is 10.6 Å². The van der Waals surface area contributed by atoms with Crippen LogP contribution in [0, 0.1) is 41.5 Å². The first-order valence-electron chi connectivity index (χ1n) is 10.2. The number of hydrogen-bond acceptors (Lipinski definition) is 4. The summed E-state index contributed by atoms with van der Waals surface area (Å²) in [6.45, 7) is 11.9. The van der Waals surface area contributed by atoms with Crippen LogP contribution in [0.4, 0.5) is 5.69 Å². The highest BCUT2D eigenvalue weighted by molar-refractivity contribution is 7.17. The van der Waals surface area contributed by atoms with E-state index in [4.69, 9.17) is 0 Å². The highest BCUT2D eigenvalue weighted by atomic mass is 32.1. The first kappa shape index (κ1) is 22.7. The fourth-order valence-corrected chi connectivity index (χ4v) is 4.93. The maximum Gasteiger partial charge on any atom is 0.266 e. The molecule has 1 heterocycles. The summed E-state index contributed by atoms with van der Waals surface area (Å²) in [7, 11) is 1.65. The quantitative estimate of drug-likeness (QED) is 0.586. The van der Waals surface area contributed by atoms with Gasteiger partial charge in [-0.1, -0.05) is 41.5 Å². The molecule has 0 aliphatic heterocycles. The van der Waals surface area contributed by atoms with Crippen LogP contribution < -0.4 is 5.32 Å². The van der Waals surface area contributed by atoms with Gasteiger partial charge in [-0.15, -0.1) is 11.3 Å². The molecule has 162 valence electrons. The molecular formula is C25H29N3O2S. The molecule has 3 rings (SSSR count). The van der Waals surface area contributed by atoms with Crippen LogP contribution in [-0.2, 0) is 4.79 Å². The molecule has 0 saturated heterocycles. The first-order chi connectivity index (χ1) is 14.6. The number of benzene rings is 2. The summed E-state index contributed by atoms with van der Waals surface area (Å²) >= 11 is 1.37. The Kier molecular flexibility index (Phi) is 6.60. The number of anilines is 1. The summed E-state index contributed by atoms with van der Waals surface area (Å²) in [6.07, 6.45) is 0. The fourth-order valence-electron chi connectivity index (χ4n) is 3.78. The van der Waals surface area contributed by atoms with Crippen molar-refractivity contribution in [1.82, 2.24) is 9.88 Å². The van der Waals surface area contributed by atoms with Crippen molar-refractivity contribution in [3.05, 3.63) is 68.7 Å². The van der Waals surface area contributed by atoms with Crippen LogP contribution in [0.5, 0.6) is 0 Å². The van der Waals surface area contributed by atoms with Gasteiger partial charge in [-0.2, -0.15) is 0 Å². The number of aromatic nitrogens is 1. The lowest BCUT2D eigenvalue weighted by molar-refractivity contribution is -0.116. The molecule has 1 N–H and O–H groups in total. The highest BCUT2D eigenvalue weighted by Crippen LogP contribution is 2.31. The minimum absolute atomic E-state index is 0.0260. The lowest BCUT2D eigenvalue weighted by atomic mass is 10.1. The van der Waals surface area contributed by atoms with E-state index in [1.807, 2.05) is 58.9 Å². The lowest BCUT2D eigenvalue weighted by Gasteiger charge is -2.18. The number of amides is 2. The Labute approximate surface area is 188 Å². The zero-order valence-corrected chi connectivity index (χ0v) is 20.0. The number of carbonyl (C=O) groups is 2. The van der Waals surface area contributed by atoms with Gasteiger partial charge in [-0.25, -0.2) is 4.98 Å². The average molecular weight is 436 g/mol. The van der Waals surface area contributed by atoms with Gasteiger partial charge >= 0.3 is 0 Å². The number of rotatable bonds is 5. The van der Waals surface area contributed by atoms with E-state index in [1.54, 1.807) is 7.05 Å². The van der Waals surface area contributed by atoms with Crippen LogP contribution in [0.15, 0.2) is 30.3 Å². The molecule has 0 bridgehead atoms. The van der Waals surface area contributed by atoms with Gasteiger partial charge in [-0.05, 0) is 58.2 Å². The third-order valence-electron chi connectivity index (χ3n) is 5.27. The Morgan fingerprint density at radius 3 is 2.16 bits per heavy atom. The predicted molar refractivity (Wildman–Crippen MR) is 128 cm³/mol. The predicted octanol–water partition coefficient (Wildman–Crippen LogP) is 5.37. The minimum atomic E-state index is -0.220. The Hall–Kier alpha value is -2.99. The molecule has 0 unspecified atom stereocenters. The lowest BCUT2D eigenvalue weighted by Crippen LogP contribution is -2.35. The number of carbonyl (C=O) groups excluding carboxylic acids is 2. The van der Waals surface area contributed by atoms with Gasteiger partial charge in [0.25, 0.3) is 5.91 Å². The van der Waals surface area contributed by atoms with Crippen molar-refractivity contribution >= 4 is 28.8 Å². The molecule has 0 atom stereocenters. The summed E-state index contributed by atoms with van der Waals surface area (Å²) < 4.78 is 0. The number of likely N-dealkylation sites (N-methyl/N-ethyl adjacent to an activating group) is 1. The maximum atomic E-state index is 13.0. The number of nitrogens with one attached hydrogen (secondary N) is 1. The first-order valence-corrected chi connectivity index (χ1v) is 11.1. The Balaban J connectivity index is 1.74. The molecule has 0 aliphatic rings. The molecule has 0 aliphatic carbocycles. The Morgan fingerprint density at radius 1 is 0.935 bits per heavy atom. The van der Waals surface area contributed by atoms with Gasteiger partial charge in [0.15, 0.2) is 0 Å². The van der Waals surface area contributed by atoms with Crippen molar-refractivity contribution in [3.8, 4) is 10.6 Å². The zero-order chi connectivity index (χ0) is 22.9. The summed E-state index contributed by atoms with van der Waals surface area (Å²) in [6, 6.07) is 10.3. The van der Waals surface area contributed by atoms with E-state index in [2.05, 4.69) is 23.3 Å². The van der Waals surface area contributed by atoms with Crippen molar-refractivity contribution in [3.63, 3.8) is 0 Å². The second kappa shape index (κ2) is 9.02. The zero-order valence-electron chi connectivity index (χ0n) is 19.2. The number of nitrogens with zero attached hydrogens (tertiary/aromatic N) is 2. The molecule has 1 aromatic heterocycles. The molecule has 0 spiro atoms. The van der Waals surface area contributed by atoms with E-state index < -0.39 is 0 Å². The standard InChI is InChI=1S/C25H29N3O2S/c1-14-8-9-20(16(3)10-14)24-26-19(6)23(31-24)25(30)28(7)13-21(29)27-22-17(4)11-15(2)12-18(22)5/h8-12H,13H2,1-7H3,(H,27,29). The topological polar surface area (TPSA) is 62.3 Å². The number of aryl methyl sites for hydroxylation is 6. The van der Waals surface area contributed by atoms with Gasteiger partial charge in [0.1, 0.15) is 9.88 Å². The number of thiazole rings is 1. The van der Waals surface area contributed by atoms with E-state index in [1.165, 1.54) is 21.8 Å². The van der Waals surface area contributed by atoms with Crippen LogP contribution in [0.2, 0.25) is 0 Å². The average Bonchev–Trinajstić information content (AvgIpc) is 3.05. The SMILES string of the molecule is Cc1ccc(-c2nc(C)c(C(=O)N(C)CC(=O)Nc3c(C)cc(C)cc3C)s2)c(C)c1. The highest BCUT2D eigenvalue weighted by Gasteiger charge is 2.22. The van der Waals surface area contributed by atoms with E-state index >= 15 is 0 Å². The minimum Gasteiger partial charge on any atom is -0.332 e. The molecule has 0 radical (unpaired) electrons. The van der Waals surface area contributed by atoms with Crippen LogP contribution >= 0.6 is 11.3 Å². The monoisotopic (exact) mass is 435 g/mol. The van der Waals surface area contributed by atoms with Crippen molar-refractivity contribution in [1.29, 1.82) is 0 Å². The van der Waals surface area contributed by atoms with E-state index in [9.17, 15) is 9.59 Å². The third kappa shape index (κ3) is 5.02. The normalized spacial score (nSPS) is 10.8. The fraction of sp³-hybridized carbons (Fsp3) is 0.320. The molecule has 2 amide bonds. The Bertz CT molecular complexity index is 1140. The second-order valence-electron chi connectivity index (χ2n) is 8.24. The van der Waals surface area contributed by atoms with Crippen molar-refractivity contribution in [2.45, 2.75) is 41.5 Å². The summed E-state index contributed by atoms with van der Waals surface area (Å²) in [5.74, 6) is -0.416. The van der Waals surface area contributed by atoms with Gasteiger partial charge in [0, 0.05) is 18.3 Å². The van der Waals surface area contributed by atoms with Crippen molar-refractivity contribution in [2.75, 3.05) is 18.9 Å². The molecule has 5 nitrogen and oxygen atoms in total. The van der Waals surface area contributed by atoms with Crippen molar-refractivity contribution in [2.24, 2.45) is 0 Å². The Morgan fingerprint density at radius 2 is 1.55 bits per heavy atom. The smallest absolute Gasteiger partial charge is 0.266 e. The van der Waals surface area contributed by atoms with Crippen LogP contribution in [0.1, 0.15) is 43.2 Å². The van der Waals surface area contributed by atoms with Gasteiger partial charge in [0.05, 0.1) is 12.2 Å². The van der Waals surface area contributed by atoms with Gasteiger partial charge < -0.3 is 10.2 Å². The van der Waals surface area contributed by atoms with Crippen molar-refractivity contribution < 1.29 is 9.59 Å². The van der Waals surface area contributed by atoms with E-state index in [0.717, 1.165) is 38.5 Å². The second-order valence-corrected chi connectivity index (χ2v) is 9.23. The molecule has 3 aromatic rings. The van der Waals surface area contributed by atoms with Gasteiger partial charge in [0.2, 0.25) is 5.91 Å².